The molecule has 0 unspecified atom stereocenters. The first kappa shape index (κ1) is 14.5. The van der Waals surface area contributed by atoms with Gasteiger partial charge in [0.25, 0.3) is 0 Å². The molecular weight excluding hydrogens is 146 g/mol. The topological polar surface area (TPSA) is 26.0 Å². The van der Waals surface area contributed by atoms with Gasteiger partial charge in [-0.1, -0.05) is 59.3 Å². The number of hydrogen-bond donors (Lipinski definition) is 1. The normalized spacial score (nSPS) is 9.00. The van der Waals surface area contributed by atoms with Gasteiger partial charge in [-0.3, -0.25) is 0 Å². The van der Waals surface area contributed by atoms with Gasteiger partial charge < -0.3 is 5.73 Å². The van der Waals surface area contributed by atoms with Gasteiger partial charge in [0, 0.05) is 0 Å². The maximum absolute atomic E-state index is 5.14. The van der Waals surface area contributed by atoms with Crippen molar-refractivity contribution in [2.75, 3.05) is 6.54 Å². The maximum Gasteiger partial charge on any atom is -0.00774 e. The summed E-state index contributed by atoms with van der Waals surface area (Å²) in [6.45, 7) is 7.47. The minimum atomic E-state index is 0.844. The Morgan fingerprint density at radius 1 is 0.667 bits per heavy atom. The summed E-state index contributed by atoms with van der Waals surface area (Å²) >= 11 is 0. The second-order valence-corrected chi connectivity index (χ2v) is 3.20. The second-order valence-electron chi connectivity index (χ2n) is 3.20. The zero-order valence-electron chi connectivity index (χ0n) is 9.23. The van der Waals surface area contributed by atoms with Crippen molar-refractivity contribution in [3.8, 4) is 0 Å². The summed E-state index contributed by atoms with van der Waals surface area (Å²) in [5.74, 6) is 0. The highest BCUT2D eigenvalue weighted by Crippen LogP contribution is 2.00. The van der Waals surface area contributed by atoms with E-state index in [4.69, 9.17) is 5.73 Å². The zero-order chi connectivity index (χ0) is 9.66. The lowest BCUT2D eigenvalue weighted by Crippen LogP contribution is -1.95. The largest absolute Gasteiger partial charge is 0.330 e. The monoisotopic (exact) mass is 173 g/mol. The molecule has 1 nitrogen and oxygen atoms in total. The van der Waals surface area contributed by atoms with E-state index in [1.54, 1.807) is 0 Å². The van der Waals surface area contributed by atoms with E-state index in [0.29, 0.717) is 0 Å². The van der Waals surface area contributed by atoms with Crippen LogP contribution >= 0.6 is 0 Å². The second kappa shape index (κ2) is 17.2. The van der Waals surface area contributed by atoms with Crippen molar-refractivity contribution in [1.29, 1.82) is 0 Å². The predicted octanol–water partition coefficient (Wildman–Crippen LogP) is 3.72. The van der Waals surface area contributed by atoms with Crippen LogP contribution in [0.5, 0.6) is 0 Å². The zero-order valence-corrected chi connectivity index (χ0v) is 9.23. The third-order valence-electron chi connectivity index (χ3n) is 1.76. The molecule has 76 valence electrons. The number of hydrogen-bond acceptors (Lipinski definition) is 1. The lowest BCUT2D eigenvalue weighted by atomic mass is 10.2. The molecule has 0 aliphatic heterocycles. The Morgan fingerprint density at radius 3 is 1.25 bits per heavy atom. The molecule has 0 aliphatic carbocycles. The van der Waals surface area contributed by atoms with Crippen molar-refractivity contribution in [3.63, 3.8) is 0 Å². The highest BCUT2D eigenvalue weighted by Gasteiger charge is 1.80. The number of nitrogens with two attached hydrogens (primary N) is 1. The molecule has 0 aromatic rings. The standard InChI is InChI=1S/C7H16.C4H11N/c1-3-5-7-6-4-2;1-2-3-4-5/h3-7H2,1-2H3;2-5H2,1H3. The van der Waals surface area contributed by atoms with E-state index in [9.17, 15) is 0 Å². The van der Waals surface area contributed by atoms with Crippen LogP contribution in [-0.4, -0.2) is 6.54 Å². The molecule has 0 bridgehead atoms. The first-order chi connectivity index (χ1) is 5.83. The van der Waals surface area contributed by atoms with Crippen LogP contribution in [0.1, 0.15) is 65.7 Å². The number of unbranched alkanes of at least 4 members (excludes halogenated alkanes) is 5. The Morgan fingerprint density at radius 2 is 1.08 bits per heavy atom. The Hall–Kier alpha value is -0.0400. The quantitative estimate of drug-likeness (QED) is 0.609. The summed E-state index contributed by atoms with van der Waals surface area (Å²) in [7, 11) is 0. The van der Waals surface area contributed by atoms with Crippen LogP contribution < -0.4 is 5.73 Å². The van der Waals surface area contributed by atoms with Gasteiger partial charge in [-0.2, -0.15) is 0 Å². The summed E-state index contributed by atoms with van der Waals surface area (Å²) in [6.07, 6.45) is 9.39. The van der Waals surface area contributed by atoms with Crippen LogP contribution in [0.25, 0.3) is 0 Å². The van der Waals surface area contributed by atoms with E-state index in [-0.39, 0.29) is 0 Å². The van der Waals surface area contributed by atoms with Crippen molar-refractivity contribution in [3.05, 3.63) is 0 Å². The van der Waals surface area contributed by atoms with Gasteiger partial charge in [-0.25, -0.2) is 0 Å². The average molecular weight is 173 g/mol. The van der Waals surface area contributed by atoms with Crippen molar-refractivity contribution < 1.29 is 0 Å². The SMILES string of the molecule is CCCCCCC.CCCCN. The molecule has 0 saturated carbocycles. The van der Waals surface area contributed by atoms with Crippen molar-refractivity contribution in [2.24, 2.45) is 5.73 Å². The molecule has 1 heteroatoms. The maximum atomic E-state index is 5.14. The van der Waals surface area contributed by atoms with Crippen LogP contribution in [0, 0.1) is 0 Å². The van der Waals surface area contributed by atoms with Gasteiger partial charge in [-0.15, -0.1) is 0 Å². The first-order valence-corrected chi connectivity index (χ1v) is 5.53. The van der Waals surface area contributed by atoms with Gasteiger partial charge >= 0.3 is 0 Å². The summed E-state index contributed by atoms with van der Waals surface area (Å²) in [6, 6.07) is 0. The van der Waals surface area contributed by atoms with Gasteiger partial charge in [0.2, 0.25) is 0 Å². The van der Waals surface area contributed by atoms with E-state index >= 15 is 0 Å². The predicted molar refractivity (Wildman–Crippen MR) is 58.4 cm³/mol. The van der Waals surface area contributed by atoms with Crippen LogP contribution in [-0.2, 0) is 0 Å². The number of rotatable bonds is 6. The van der Waals surface area contributed by atoms with Crippen molar-refractivity contribution in [1.82, 2.24) is 0 Å². The van der Waals surface area contributed by atoms with Crippen molar-refractivity contribution in [2.45, 2.75) is 65.7 Å². The fraction of sp³-hybridized carbons (Fsp3) is 1.00. The molecule has 0 heterocycles. The van der Waals surface area contributed by atoms with Gasteiger partial charge in [-0.05, 0) is 13.0 Å². The van der Waals surface area contributed by atoms with Gasteiger partial charge in [0.1, 0.15) is 0 Å². The van der Waals surface area contributed by atoms with Crippen LogP contribution in [0.15, 0.2) is 0 Å². The fourth-order valence-corrected chi connectivity index (χ4v) is 0.881. The smallest absolute Gasteiger partial charge is 0.00774 e. The highest BCUT2D eigenvalue weighted by molar-refractivity contribution is 4.35. The van der Waals surface area contributed by atoms with Crippen LogP contribution in [0.2, 0.25) is 0 Å². The first-order valence-electron chi connectivity index (χ1n) is 5.53. The lowest BCUT2D eigenvalue weighted by Gasteiger charge is -1.90. The highest BCUT2D eigenvalue weighted by atomic mass is 14.5. The van der Waals surface area contributed by atoms with Gasteiger partial charge in [0.05, 0.1) is 0 Å². The molecule has 0 spiro atoms. The minimum absolute atomic E-state index is 0.844. The molecule has 12 heavy (non-hydrogen) atoms. The molecule has 0 saturated heterocycles. The van der Waals surface area contributed by atoms with E-state index in [2.05, 4.69) is 20.8 Å². The summed E-state index contributed by atoms with van der Waals surface area (Å²) < 4.78 is 0. The fourth-order valence-electron chi connectivity index (χ4n) is 0.881. The molecular formula is C11H27N. The van der Waals surface area contributed by atoms with Crippen LogP contribution in [0.4, 0.5) is 0 Å². The third kappa shape index (κ3) is 22.5. The van der Waals surface area contributed by atoms with Crippen LogP contribution in [0.3, 0.4) is 0 Å². The summed E-state index contributed by atoms with van der Waals surface area (Å²) in [5.41, 5.74) is 5.14. The third-order valence-corrected chi connectivity index (χ3v) is 1.76. The summed E-state index contributed by atoms with van der Waals surface area (Å²) in [5, 5.41) is 0. The van der Waals surface area contributed by atoms with Gasteiger partial charge in [0.15, 0.2) is 0 Å². The molecule has 0 radical (unpaired) electrons. The van der Waals surface area contributed by atoms with Crippen molar-refractivity contribution >= 4 is 0 Å². The molecule has 0 amide bonds. The van der Waals surface area contributed by atoms with E-state index in [1.807, 2.05) is 0 Å². The molecule has 0 fully saturated rings. The molecule has 0 aliphatic rings. The Balaban J connectivity index is 0. The molecule has 0 rings (SSSR count). The Kier molecular flexibility index (Phi) is 20.7. The summed E-state index contributed by atoms with van der Waals surface area (Å²) in [4.78, 5) is 0. The molecule has 0 aromatic carbocycles. The Bertz CT molecular complexity index is 47.0. The van der Waals surface area contributed by atoms with E-state index in [1.165, 1.54) is 44.9 Å². The van der Waals surface area contributed by atoms with E-state index < -0.39 is 0 Å². The average Bonchev–Trinajstić information content (AvgIpc) is 2.08. The molecule has 0 atom stereocenters. The molecule has 2 N–H and O–H groups in total. The Labute approximate surface area is 78.7 Å². The lowest BCUT2D eigenvalue weighted by molar-refractivity contribution is 0.656. The van der Waals surface area contributed by atoms with E-state index in [0.717, 1.165) is 6.54 Å². The minimum Gasteiger partial charge on any atom is -0.330 e. The molecule has 0 aromatic heterocycles.